The second kappa shape index (κ2) is 28.0. The minimum absolute atomic E-state index is 0.0411. The molecule has 3 aliphatic rings. The zero-order chi connectivity index (χ0) is 55.1. The minimum Gasteiger partial charge on any atom is -0.467 e. The van der Waals surface area contributed by atoms with Gasteiger partial charge in [-0.25, -0.2) is 4.79 Å². The van der Waals surface area contributed by atoms with Gasteiger partial charge in [0.15, 0.2) is 0 Å². The molecule has 18 nitrogen and oxygen atoms in total. The van der Waals surface area contributed by atoms with E-state index in [1.807, 2.05) is 81.4 Å². The predicted molar refractivity (Wildman–Crippen MR) is 284 cm³/mol. The molecule has 8 amide bonds. The molecule has 0 saturated carbocycles. The van der Waals surface area contributed by atoms with Gasteiger partial charge in [0.25, 0.3) is 0 Å². The number of hydrogen-bond donors (Lipinski definition) is 2. The average molecular weight is 1040 g/mol. The van der Waals surface area contributed by atoms with E-state index in [4.69, 9.17) is 4.74 Å². The molecule has 18 heteroatoms. The molecule has 9 atom stereocenters. The first-order chi connectivity index (χ1) is 35.8. The van der Waals surface area contributed by atoms with Crippen molar-refractivity contribution < 1.29 is 47.9 Å². The van der Waals surface area contributed by atoms with Crippen LogP contribution in [-0.2, 0) is 60.7 Å². The van der Waals surface area contributed by atoms with Crippen LogP contribution < -0.4 is 10.6 Å². The van der Waals surface area contributed by atoms with E-state index in [-0.39, 0.29) is 30.6 Å². The summed E-state index contributed by atoms with van der Waals surface area (Å²) >= 11 is 0. The largest absolute Gasteiger partial charge is 0.467 e. The Balaban J connectivity index is 1.32. The number of carbonyl (C=O) groups excluding carboxylic acids is 9. The van der Waals surface area contributed by atoms with E-state index in [9.17, 15) is 43.2 Å². The Hall–Kier alpha value is -6.33. The third kappa shape index (κ3) is 14.7. The fourth-order valence-electron chi connectivity index (χ4n) is 10.9. The molecule has 0 aromatic heterocycles. The first kappa shape index (κ1) is 59.5. The van der Waals surface area contributed by atoms with Gasteiger partial charge in [-0.1, -0.05) is 121 Å². The number of likely N-dealkylation sites (N-methyl/N-ethyl adjacent to an activating group) is 3. The maximum atomic E-state index is 14.8. The van der Waals surface area contributed by atoms with E-state index in [1.165, 1.54) is 40.8 Å². The lowest BCUT2D eigenvalue weighted by atomic mass is 9.94. The first-order valence-corrected chi connectivity index (χ1v) is 27.2. The first-order valence-electron chi connectivity index (χ1n) is 27.2. The lowest BCUT2D eigenvalue weighted by Crippen LogP contribution is -2.61. The number of methoxy groups -OCH3 is 1. The number of esters is 1. The average Bonchev–Trinajstić information content (AvgIpc) is 4.23. The van der Waals surface area contributed by atoms with Gasteiger partial charge in [0.05, 0.1) is 13.7 Å². The molecular weight excluding hydrogens is 957 g/mol. The SMILES string of the molecule is CCCC[C@@H](C)C(=O)N1CCC[C@H]1C(=O)N1CCC[C@H]1C(=O)N(C)[C@H](Cc1ccccc1)C(=O)N[C@H](C(=O)N(C)[C@H](C(=O)NCC(=O)N(C)[C@H](Cc1ccccc1)C(=O)N1CCC[C@H]1C(=O)OC)[C@@H](C)CC)C(C)C. The van der Waals surface area contributed by atoms with Gasteiger partial charge in [0.2, 0.25) is 47.3 Å². The van der Waals surface area contributed by atoms with Crippen LogP contribution >= 0.6 is 0 Å². The summed E-state index contributed by atoms with van der Waals surface area (Å²) in [6.45, 7) is 11.9. The summed E-state index contributed by atoms with van der Waals surface area (Å²) in [7, 11) is 5.80. The number of benzene rings is 2. The summed E-state index contributed by atoms with van der Waals surface area (Å²) in [5, 5.41) is 5.69. The van der Waals surface area contributed by atoms with E-state index in [1.54, 1.807) is 30.7 Å². The van der Waals surface area contributed by atoms with Crippen molar-refractivity contribution in [3.8, 4) is 0 Å². The van der Waals surface area contributed by atoms with Gasteiger partial charge in [-0.15, -0.1) is 0 Å². The topological polar surface area (TPSA) is 206 Å². The van der Waals surface area contributed by atoms with Crippen molar-refractivity contribution in [1.82, 2.24) is 40.0 Å². The van der Waals surface area contributed by atoms with Crippen LogP contribution in [0, 0.1) is 17.8 Å². The number of rotatable bonds is 24. The summed E-state index contributed by atoms with van der Waals surface area (Å²) < 4.78 is 4.99. The molecule has 2 aromatic carbocycles. The van der Waals surface area contributed by atoms with Crippen LogP contribution in [0.4, 0.5) is 0 Å². The molecule has 2 aromatic rings. The molecule has 75 heavy (non-hydrogen) atoms. The highest BCUT2D eigenvalue weighted by molar-refractivity contribution is 5.98. The third-order valence-electron chi connectivity index (χ3n) is 15.7. The van der Waals surface area contributed by atoms with E-state index >= 15 is 0 Å². The third-order valence-corrected chi connectivity index (χ3v) is 15.7. The van der Waals surface area contributed by atoms with Crippen molar-refractivity contribution in [3.63, 3.8) is 0 Å². The summed E-state index contributed by atoms with van der Waals surface area (Å²) in [5.74, 6) is -5.06. The van der Waals surface area contributed by atoms with Crippen LogP contribution in [-0.4, -0.2) is 179 Å². The number of carbonyl (C=O) groups is 9. The van der Waals surface area contributed by atoms with Crippen LogP contribution in [0.5, 0.6) is 0 Å². The number of nitrogens with one attached hydrogen (secondary N) is 2. The highest BCUT2D eigenvalue weighted by Gasteiger charge is 2.46. The van der Waals surface area contributed by atoms with Crippen molar-refractivity contribution in [1.29, 1.82) is 0 Å². The summed E-state index contributed by atoms with van der Waals surface area (Å²) in [5.41, 5.74) is 1.56. The van der Waals surface area contributed by atoms with Crippen molar-refractivity contribution >= 4 is 53.2 Å². The van der Waals surface area contributed by atoms with Crippen LogP contribution in [0.25, 0.3) is 0 Å². The Bertz CT molecular complexity index is 2300. The van der Waals surface area contributed by atoms with Crippen molar-refractivity contribution in [2.24, 2.45) is 17.8 Å². The Morgan fingerprint density at radius 2 is 1.19 bits per heavy atom. The maximum absolute atomic E-state index is 14.8. The van der Waals surface area contributed by atoms with E-state index in [0.29, 0.717) is 64.6 Å². The smallest absolute Gasteiger partial charge is 0.328 e. The molecule has 412 valence electrons. The monoisotopic (exact) mass is 1040 g/mol. The number of amides is 8. The summed E-state index contributed by atoms with van der Waals surface area (Å²) in [6.07, 6.45) is 6.58. The molecule has 0 radical (unpaired) electrons. The number of likely N-dealkylation sites (tertiary alicyclic amines) is 3. The molecule has 3 fully saturated rings. The molecule has 3 aliphatic heterocycles. The predicted octanol–water partition coefficient (Wildman–Crippen LogP) is 4.23. The van der Waals surface area contributed by atoms with Gasteiger partial charge >= 0.3 is 5.97 Å². The second-order valence-electron chi connectivity index (χ2n) is 21.2. The fraction of sp³-hybridized carbons (Fsp3) is 0.632. The van der Waals surface area contributed by atoms with Gasteiger partial charge in [-0.3, -0.25) is 38.4 Å². The van der Waals surface area contributed by atoms with Crippen LogP contribution in [0.15, 0.2) is 60.7 Å². The fourth-order valence-corrected chi connectivity index (χ4v) is 10.9. The molecular formula is C57H84N8O10. The quantitative estimate of drug-likeness (QED) is 0.143. The van der Waals surface area contributed by atoms with Crippen molar-refractivity contribution in [2.75, 3.05) is 54.4 Å². The van der Waals surface area contributed by atoms with Crippen molar-refractivity contribution in [3.05, 3.63) is 71.8 Å². The van der Waals surface area contributed by atoms with Gasteiger partial charge in [0, 0.05) is 59.5 Å². The minimum atomic E-state index is -1.14. The summed E-state index contributed by atoms with van der Waals surface area (Å²) in [6, 6.07) is 11.8. The van der Waals surface area contributed by atoms with E-state index < -0.39 is 102 Å². The maximum Gasteiger partial charge on any atom is 0.328 e. The van der Waals surface area contributed by atoms with Gasteiger partial charge in [-0.05, 0) is 67.9 Å². The lowest BCUT2D eigenvalue weighted by Gasteiger charge is -2.37. The highest BCUT2D eigenvalue weighted by Crippen LogP contribution is 2.29. The molecule has 2 N–H and O–H groups in total. The zero-order valence-electron chi connectivity index (χ0n) is 46.1. The second-order valence-corrected chi connectivity index (χ2v) is 21.2. The van der Waals surface area contributed by atoms with E-state index in [0.717, 1.165) is 30.4 Å². The number of ether oxygens (including phenoxy) is 1. The summed E-state index contributed by atoms with van der Waals surface area (Å²) in [4.78, 5) is 136. The molecule has 3 heterocycles. The highest BCUT2D eigenvalue weighted by atomic mass is 16.5. The molecule has 0 bridgehead atoms. The van der Waals surface area contributed by atoms with Gasteiger partial charge in [0.1, 0.15) is 42.3 Å². The van der Waals surface area contributed by atoms with Gasteiger partial charge < -0.3 is 44.8 Å². The Morgan fingerprint density at radius 3 is 1.73 bits per heavy atom. The Labute approximate surface area is 444 Å². The van der Waals surface area contributed by atoms with Crippen LogP contribution in [0.2, 0.25) is 0 Å². The Morgan fingerprint density at radius 1 is 0.653 bits per heavy atom. The standard InChI is InChI=1S/C57H84N8O10/c1-11-13-23-39(6)52(69)63-31-21-29-43(63)54(71)64-32-20-28-42(64)53(70)61(8)45(34-40-24-16-14-17-25-40)50(67)59-48(37(3)4)56(73)62(9)49(38(5)12-2)51(68)58-36-47(66)60(7)46(35-41-26-18-15-19-27-41)55(72)65-33-22-30-44(65)57(74)75-10/h14-19,24-27,37-39,42-46,48-49H,11-13,20-23,28-36H2,1-10H3,(H,58,68)(H,59,67)/t38-,39+,42-,43-,44-,45+,46+,48-,49-/m0/s1. The van der Waals surface area contributed by atoms with E-state index in [2.05, 4.69) is 17.6 Å². The molecule has 0 unspecified atom stereocenters. The number of unbranched alkanes of at least 4 members (excludes halogenated alkanes) is 1. The zero-order valence-corrected chi connectivity index (χ0v) is 46.1. The van der Waals surface area contributed by atoms with Gasteiger partial charge in [-0.2, -0.15) is 0 Å². The lowest BCUT2D eigenvalue weighted by molar-refractivity contribution is -0.154. The molecule has 0 spiro atoms. The molecule has 3 saturated heterocycles. The molecule has 5 rings (SSSR count). The normalized spacial score (nSPS) is 19.8. The Kier molecular flexibility index (Phi) is 22.2. The number of nitrogens with zero attached hydrogens (tertiary/aromatic N) is 6. The van der Waals surface area contributed by atoms with Crippen LogP contribution in [0.1, 0.15) is 117 Å². The van der Waals surface area contributed by atoms with Crippen molar-refractivity contribution in [2.45, 2.75) is 161 Å². The van der Waals surface area contributed by atoms with Crippen LogP contribution in [0.3, 0.4) is 0 Å². The number of hydrogen-bond acceptors (Lipinski definition) is 10. The molecule has 0 aliphatic carbocycles.